The fourth-order valence-electron chi connectivity index (χ4n) is 2.46. The molecule has 1 aromatic heterocycles. The number of aryl methyl sites for hydroxylation is 1. The summed E-state index contributed by atoms with van der Waals surface area (Å²) in [7, 11) is -3.71. The van der Waals surface area contributed by atoms with Gasteiger partial charge in [0.05, 0.1) is 15.6 Å². The molecule has 7 nitrogen and oxygen atoms in total. The molecule has 0 bridgehead atoms. The van der Waals surface area contributed by atoms with Gasteiger partial charge in [0.25, 0.3) is 0 Å². The second-order valence-electron chi connectivity index (χ2n) is 5.53. The molecule has 9 heteroatoms. The number of ketones is 2. The zero-order chi connectivity index (χ0) is 18.2. The molecule has 0 saturated heterocycles. The van der Waals surface area contributed by atoms with Crippen molar-refractivity contribution < 1.29 is 18.0 Å². The summed E-state index contributed by atoms with van der Waals surface area (Å²) in [6, 6.07) is 6.18. The third-order valence-corrected chi connectivity index (χ3v) is 5.59. The van der Waals surface area contributed by atoms with Crippen LogP contribution in [-0.4, -0.2) is 31.5 Å². The van der Waals surface area contributed by atoms with Gasteiger partial charge in [0.1, 0.15) is 10.6 Å². The van der Waals surface area contributed by atoms with E-state index in [1.165, 1.54) is 29.5 Å². The molecule has 3 rings (SSSR count). The molecule has 1 heterocycles. The van der Waals surface area contributed by atoms with Crippen molar-refractivity contribution in [2.24, 2.45) is 5.14 Å². The number of Topliss-reactive ketones (excluding diaryl/α,β-unsaturated/α-hetero) is 1. The molecule has 0 atom stereocenters. The molecule has 0 fully saturated rings. The number of hydrogen-bond donors (Lipinski definition) is 2. The van der Waals surface area contributed by atoms with Crippen molar-refractivity contribution >= 4 is 32.9 Å². The zero-order valence-electron chi connectivity index (χ0n) is 13.3. The number of allylic oxidation sites excluding steroid dienone is 2. The number of sulfonamides is 1. The van der Waals surface area contributed by atoms with E-state index < -0.39 is 10.0 Å². The smallest absolute Gasteiger partial charge is 0.238 e. The van der Waals surface area contributed by atoms with Gasteiger partial charge in [0.15, 0.2) is 5.78 Å². The first-order chi connectivity index (χ1) is 11.8. The lowest BCUT2D eigenvalue weighted by molar-refractivity contribution is 0.0977. The largest absolute Gasteiger partial charge is 0.381 e. The first-order valence-corrected chi connectivity index (χ1v) is 9.76. The highest BCUT2D eigenvalue weighted by atomic mass is 32.2. The van der Waals surface area contributed by atoms with Crippen LogP contribution in [0, 0.1) is 6.92 Å². The number of nitrogens with two attached hydrogens (primary N) is 1. The summed E-state index contributed by atoms with van der Waals surface area (Å²) in [5, 5.41) is 8.69. The Kier molecular flexibility index (Phi) is 4.55. The van der Waals surface area contributed by atoms with Crippen LogP contribution >= 0.6 is 11.3 Å². The van der Waals surface area contributed by atoms with Crippen LogP contribution in [0.4, 0.5) is 0 Å². The van der Waals surface area contributed by atoms with Gasteiger partial charge in [-0.25, -0.2) is 18.5 Å². The van der Waals surface area contributed by atoms with Crippen LogP contribution in [0.1, 0.15) is 30.7 Å². The van der Waals surface area contributed by atoms with Crippen LogP contribution in [0.3, 0.4) is 0 Å². The topological polar surface area (TPSA) is 119 Å². The Bertz CT molecular complexity index is 989. The van der Waals surface area contributed by atoms with Crippen LogP contribution in [0.15, 0.2) is 40.9 Å². The summed E-state index contributed by atoms with van der Waals surface area (Å²) in [5.41, 5.74) is 1.30. The number of primary sulfonamides is 1. The predicted molar refractivity (Wildman–Crippen MR) is 93.1 cm³/mol. The quantitative estimate of drug-likeness (QED) is 0.808. The van der Waals surface area contributed by atoms with Crippen molar-refractivity contribution in [2.45, 2.75) is 18.2 Å². The number of nitrogens with zero attached hydrogens (tertiary/aromatic N) is 1. The number of carbonyl (C=O) groups excluding carboxylic acids is 2. The number of rotatable bonds is 5. The molecule has 25 heavy (non-hydrogen) atoms. The van der Waals surface area contributed by atoms with Crippen molar-refractivity contribution in [2.75, 3.05) is 6.54 Å². The Labute approximate surface area is 148 Å². The van der Waals surface area contributed by atoms with Crippen molar-refractivity contribution in [3.05, 3.63) is 57.2 Å². The van der Waals surface area contributed by atoms with Crippen LogP contribution < -0.4 is 10.5 Å². The molecule has 1 aromatic carbocycles. The third kappa shape index (κ3) is 3.68. The number of fused-ring (bicyclic) bond motifs is 1. The van der Waals surface area contributed by atoms with E-state index in [-0.39, 0.29) is 27.9 Å². The van der Waals surface area contributed by atoms with Crippen LogP contribution in [0.2, 0.25) is 0 Å². The maximum atomic E-state index is 12.4. The number of carbonyl (C=O) groups is 2. The van der Waals surface area contributed by atoms with Gasteiger partial charge in [-0.3, -0.25) is 9.59 Å². The standard InChI is InChI=1S/C16H15N3O4S2/c1-9-19-14-15(21)12(8-13(20)16(14)24-9)18-7-6-10-2-4-11(5-3-10)25(17,22)23/h2-5,8,18H,6-7H2,1H3,(H2,17,22,23). The molecule has 0 amide bonds. The van der Waals surface area contributed by atoms with Gasteiger partial charge >= 0.3 is 0 Å². The number of nitrogens with one attached hydrogen (secondary N) is 1. The first kappa shape index (κ1) is 17.5. The Balaban J connectivity index is 1.64. The Morgan fingerprint density at radius 3 is 2.52 bits per heavy atom. The number of aromatic nitrogens is 1. The second kappa shape index (κ2) is 6.51. The first-order valence-electron chi connectivity index (χ1n) is 7.39. The summed E-state index contributed by atoms with van der Waals surface area (Å²) in [4.78, 5) is 29.0. The number of benzene rings is 1. The normalized spacial score (nSPS) is 14.2. The lowest BCUT2D eigenvalue weighted by Crippen LogP contribution is -2.27. The molecule has 0 spiro atoms. The van der Waals surface area contributed by atoms with Gasteiger partial charge < -0.3 is 5.32 Å². The zero-order valence-corrected chi connectivity index (χ0v) is 14.9. The Morgan fingerprint density at radius 1 is 1.20 bits per heavy atom. The van der Waals surface area contributed by atoms with Crippen molar-refractivity contribution in [3.8, 4) is 0 Å². The van der Waals surface area contributed by atoms with Crippen molar-refractivity contribution in [1.82, 2.24) is 10.3 Å². The van der Waals surface area contributed by atoms with E-state index in [0.29, 0.717) is 22.9 Å². The third-order valence-electron chi connectivity index (χ3n) is 3.67. The van der Waals surface area contributed by atoms with Gasteiger partial charge in [-0.15, -0.1) is 11.3 Å². The second-order valence-corrected chi connectivity index (χ2v) is 8.29. The molecule has 0 aliphatic heterocycles. The van der Waals surface area contributed by atoms with Crippen molar-refractivity contribution in [1.29, 1.82) is 0 Å². The maximum absolute atomic E-state index is 12.4. The van der Waals surface area contributed by atoms with Gasteiger partial charge in [-0.05, 0) is 31.0 Å². The number of thiazole rings is 1. The van der Waals surface area contributed by atoms with E-state index in [0.717, 1.165) is 5.56 Å². The fraction of sp³-hybridized carbons (Fsp3) is 0.188. The highest BCUT2D eigenvalue weighted by Crippen LogP contribution is 2.25. The SMILES string of the molecule is Cc1nc2c(s1)C(=O)C=C(NCCc1ccc(S(N)(=O)=O)cc1)C2=O. The van der Waals surface area contributed by atoms with Gasteiger partial charge in [-0.2, -0.15) is 0 Å². The fourth-order valence-corrected chi connectivity index (χ4v) is 3.80. The average Bonchev–Trinajstić information content (AvgIpc) is 2.94. The molecule has 3 N–H and O–H groups in total. The summed E-state index contributed by atoms with van der Waals surface area (Å²) in [5.74, 6) is -0.510. The van der Waals surface area contributed by atoms with Crippen molar-refractivity contribution in [3.63, 3.8) is 0 Å². The molecule has 0 saturated carbocycles. The van der Waals surface area contributed by atoms with Gasteiger partial charge in [0.2, 0.25) is 15.8 Å². The monoisotopic (exact) mass is 377 g/mol. The van der Waals surface area contributed by atoms with E-state index in [1.807, 2.05) is 0 Å². The minimum atomic E-state index is -3.71. The predicted octanol–water partition coefficient (Wildman–Crippen LogP) is 1.19. The van der Waals surface area contributed by atoms with Crippen LogP contribution in [0.5, 0.6) is 0 Å². The summed E-state index contributed by atoms with van der Waals surface area (Å²) < 4.78 is 22.4. The van der Waals surface area contributed by atoms with Gasteiger partial charge in [0, 0.05) is 12.6 Å². The van der Waals surface area contributed by atoms with E-state index >= 15 is 0 Å². The molecule has 130 valence electrons. The Hall–Kier alpha value is -2.36. The molecule has 2 aromatic rings. The molecular weight excluding hydrogens is 362 g/mol. The Morgan fingerprint density at radius 2 is 1.88 bits per heavy atom. The van der Waals surface area contributed by atoms with Gasteiger partial charge in [-0.1, -0.05) is 12.1 Å². The minimum absolute atomic E-state index is 0.0476. The highest BCUT2D eigenvalue weighted by molar-refractivity contribution is 7.89. The molecule has 1 aliphatic carbocycles. The summed E-state index contributed by atoms with van der Waals surface area (Å²) >= 11 is 1.21. The van der Waals surface area contributed by atoms with E-state index in [1.54, 1.807) is 19.1 Å². The summed E-state index contributed by atoms with van der Waals surface area (Å²) in [6.45, 7) is 2.17. The molecular formula is C16H15N3O4S2. The molecule has 0 radical (unpaired) electrons. The molecule has 0 unspecified atom stereocenters. The van der Waals surface area contributed by atoms with E-state index in [2.05, 4.69) is 10.3 Å². The van der Waals surface area contributed by atoms with Crippen LogP contribution in [-0.2, 0) is 16.4 Å². The highest BCUT2D eigenvalue weighted by Gasteiger charge is 2.29. The average molecular weight is 377 g/mol. The minimum Gasteiger partial charge on any atom is -0.381 e. The van der Waals surface area contributed by atoms with E-state index in [4.69, 9.17) is 5.14 Å². The molecule has 1 aliphatic rings. The van der Waals surface area contributed by atoms with E-state index in [9.17, 15) is 18.0 Å². The summed E-state index contributed by atoms with van der Waals surface area (Å²) in [6.07, 6.45) is 1.85. The van der Waals surface area contributed by atoms with Crippen LogP contribution in [0.25, 0.3) is 0 Å². The maximum Gasteiger partial charge on any atom is 0.238 e. The number of hydrogen-bond acceptors (Lipinski definition) is 7. The lowest BCUT2D eigenvalue weighted by atomic mass is 10.0. The lowest BCUT2D eigenvalue weighted by Gasteiger charge is -2.13.